The fraction of sp³-hybridized carbons (Fsp3) is 0.903. The Labute approximate surface area is 212 Å². The zero-order chi connectivity index (χ0) is 25.4. The number of hydrogen-bond donors (Lipinski definition) is 1. The van der Waals surface area contributed by atoms with Gasteiger partial charge in [-0.05, 0) is 79.1 Å². The van der Waals surface area contributed by atoms with E-state index < -0.39 is 11.4 Å². The summed E-state index contributed by atoms with van der Waals surface area (Å²) in [4.78, 5) is 13.7. The number of carbonyl (C=O) groups is 1. The maximum Gasteiger partial charge on any atom is 0.175 e. The van der Waals surface area contributed by atoms with Gasteiger partial charge < -0.3 is 14.6 Å². The average molecular weight is 485 g/mol. The fourth-order valence-corrected chi connectivity index (χ4v) is 11.9. The lowest BCUT2D eigenvalue weighted by Crippen LogP contribution is -2.70. The van der Waals surface area contributed by atoms with E-state index >= 15 is 0 Å². The molecule has 2 spiro atoms. The maximum absolute atomic E-state index is 13.7. The fourth-order valence-electron chi connectivity index (χ4n) is 11.9. The molecule has 2 heterocycles. The molecule has 2 aliphatic heterocycles. The van der Waals surface area contributed by atoms with Gasteiger partial charge in [-0.2, -0.15) is 0 Å². The summed E-state index contributed by atoms with van der Waals surface area (Å²) in [5, 5.41) is 12.1. The minimum atomic E-state index is -0.815. The minimum absolute atomic E-state index is 0.0179. The molecule has 1 N–H and O–H groups in total. The first-order valence-corrected chi connectivity index (χ1v) is 14.4. The van der Waals surface area contributed by atoms with Crippen LogP contribution >= 0.6 is 0 Å². The summed E-state index contributed by atoms with van der Waals surface area (Å²) in [7, 11) is 0. The smallest absolute Gasteiger partial charge is 0.175 e. The van der Waals surface area contributed by atoms with Gasteiger partial charge in [0, 0.05) is 29.6 Å². The van der Waals surface area contributed by atoms with Crippen LogP contribution in [-0.2, 0) is 14.3 Å². The lowest BCUT2D eigenvalue weighted by molar-refractivity contribution is -0.363. The van der Waals surface area contributed by atoms with Crippen LogP contribution in [0.25, 0.3) is 0 Å². The lowest BCUT2D eigenvalue weighted by Gasteiger charge is -2.71. The number of hydrogen-bond acceptors (Lipinski definition) is 4. The largest absolute Gasteiger partial charge is 0.390 e. The Bertz CT molecular complexity index is 980. The molecular weight excluding hydrogens is 436 g/mol. The molecule has 196 valence electrons. The van der Waals surface area contributed by atoms with Gasteiger partial charge in [0.1, 0.15) is 0 Å². The highest BCUT2D eigenvalue weighted by molar-refractivity contribution is 5.96. The molecule has 0 amide bonds. The Balaban J connectivity index is 1.46. The molecule has 0 aromatic heterocycles. The molecule has 2 saturated heterocycles. The van der Waals surface area contributed by atoms with E-state index in [1.165, 1.54) is 0 Å². The quantitative estimate of drug-likeness (QED) is 0.499. The standard InChI is InChI=1S/C31H48O4/c1-19(2)15-20-16-28(7,33)24-27(6)14-10-22-26(5,30(27)17-31(24,35-20)34-18-30)13-9-21-25(3,4)12-11-23(32)29(21,22)8/h11-12,19-22,24,33H,9-10,13-18H2,1-8H3/t20-,21+,22+,24?,26-,27-,28?,29+,30-,31+/m1/s1. The summed E-state index contributed by atoms with van der Waals surface area (Å²) in [6, 6.07) is 0. The summed E-state index contributed by atoms with van der Waals surface area (Å²) < 4.78 is 13.7. The number of rotatable bonds is 2. The van der Waals surface area contributed by atoms with E-state index in [1.807, 2.05) is 6.08 Å². The Morgan fingerprint density at radius 3 is 2.37 bits per heavy atom. The zero-order valence-electron chi connectivity index (χ0n) is 23.4. The summed E-state index contributed by atoms with van der Waals surface area (Å²) in [5.74, 6) is 0.837. The third-order valence-electron chi connectivity index (χ3n) is 13.0. The van der Waals surface area contributed by atoms with E-state index in [9.17, 15) is 9.90 Å². The second-order valence-electron chi connectivity index (χ2n) is 15.5. The van der Waals surface area contributed by atoms with Crippen molar-refractivity contribution < 1.29 is 19.4 Å². The van der Waals surface area contributed by atoms with Crippen molar-refractivity contribution in [3.63, 3.8) is 0 Å². The molecule has 2 bridgehead atoms. The molecular formula is C31H48O4. The van der Waals surface area contributed by atoms with Crippen LogP contribution in [0.4, 0.5) is 0 Å². The van der Waals surface area contributed by atoms with Crippen molar-refractivity contribution in [3.05, 3.63) is 12.2 Å². The SMILES string of the molecule is CC(C)C[C@@H]1CC(C)(O)C2[C@]3(C[C@]4(CO3)[C@]2(C)CC[C@@H]2[C@@]3(C)C(=O)C=CC(C)(C)[C@@H]3CC[C@]24C)O1. The molecule has 3 saturated carbocycles. The van der Waals surface area contributed by atoms with E-state index in [1.54, 1.807) is 0 Å². The monoisotopic (exact) mass is 484 g/mol. The highest BCUT2D eigenvalue weighted by Gasteiger charge is 2.84. The van der Waals surface area contributed by atoms with Crippen molar-refractivity contribution in [3.8, 4) is 0 Å². The summed E-state index contributed by atoms with van der Waals surface area (Å²) >= 11 is 0. The Kier molecular flexibility index (Phi) is 4.80. The maximum atomic E-state index is 13.7. The molecule has 0 aromatic carbocycles. The molecule has 0 aromatic rings. The van der Waals surface area contributed by atoms with Crippen molar-refractivity contribution in [2.75, 3.05) is 6.61 Å². The molecule has 0 radical (unpaired) electrons. The van der Waals surface area contributed by atoms with Crippen molar-refractivity contribution in [2.45, 2.75) is 118 Å². The van der Waals surface area contributed by atoms with Gasteiger partial charge in [-0.1, -0.05) is 54.5 Å². The van der Waals surface area contributed by atoms with E-state index in [-0.39, 0.29) is 39.1 Å². The predicted octanol–water partition coefficient (Wildman–Crippen LogP) is 6.31. The van der Waals surface area contributed by atoms with Crippen molar-refractivity contribution in [1.82, 2.24) is 0 Å². The molecule has 35 heavy (non-hydrogen) atoms. The summed E-state index contributed by atoms with van der Waals surface area (Å²) in [5.41, 5.74) is -1.27. The lowest BCUT2D eigenvalue weighted by atomic mass is 9.33. The first-order valence-electron chi connectivity index (χ1n) is 14.4. The number of ether oxygens (including phenoxy) is 2. The Morgan fingerprint density at radius 1 is 1.03 bits per heavy atom. The molecule has 4 nitrogen and oxygen atoms in total. The molecule has 2 unspecified atom stereocenters. The van der Waals surface area contributed by atoms with E-state index in [0.717, 1.165) is 38.5 Å². The molecule has 4 heteroatoms. The van der Waals surface area contributed by atoms with Crippen LogP contribution in [0.15, 0.2) is 12.2 Å². The molecule has 6 rings (SSSR count). The normalized spacial score (nSPS) is 58.1. The van der Waals surface area contributed by atoms with Gasteiger partial charge in [-0.15, -0.1) is 0 Å². The van der Waals surface area contributed by atoms with Gasteiger partial charge in [0.15, 0.2) is 11.6 Å². The van der Waals surface area contributed by atoms with Gasteiger partial charge in [0.25, 0.3) is 0 Å². The first-order chi connectivity index (χ1) is 16.1. The van der Waals surface area contributed by atoms with Crippen molar-refractivity contribution in [1.29, 1.82) is 0 Å². The van der Waals surface area contributed by atoms with E-state index in [0.29, 0.717) is 36.6 Å². The summed E-state index contributed by atoms with van der Waals surface area (Å²) in [6.45, 7) is 19.1. The van der Waals surface area contributed by atoms with Gasteiger partial charge in [-0.3, -0.25) is 4.79 Å². The number of allylic oxidation sites excluding steroid dienone is 2. The van der Waals surface area contributed by atoms with E-state index in [2.05, 4.69) is 61.5 Å². The zero-order valence-corrected chi connectivity index (χ0v) is 23.4. The summed E-state index contributed by atoms with van der Waals surface area (Å²) in [6.07, 6.45) is 10.9. The van der Waals surface area contributed by atoms with Gasteiger partial charge in [0.2, 0.25) is 0 Å². The molecule has 5 fully saturated rings. The third-order valence-corrected chi connectivity index (χ3v) is 13.0. The van der Waals surface area contributed by atoms with Crippen molar-refractivity contribution in [2.24, 2.45) is 50.7 Å². The number of fused-ring (bicyclic) bond motifs is 4. The van der Waals surface area contributed by atoms with Gasteiger partial charge >= 0.3 is 0 Å². The van der Waals surface area contributed by atoms with Gasteiger partial charge in [-0.25, -0.2) is 0 Å². The first kappa shape index (κ1) is 24.6. The Morgan fingerprint density at radius 2 is 1.69 bits per heavy atom. The molecule has 4 aliphatic carbocycles. The average Bonchev–Trinajstić information content (AvgIpc) is 3.20. The minimum Gasteiger partial charge on any atom is -0.390 e. The van der Waals surface area contributed by atoms with Crippen LogP contribution in [0.3, 0.4) is 0 Å². The highest BCUT2D eigenvalue weighted by atomic mass is 16.7. The van der Waals surface area contributed by atoms with E-state index in [4.69, 9.17) is 9.47 Å². The number of carbonyl (C=O) groups excluding carboxylic acids is 1. The van der Waals surface area contributed by atoms with Crippen LogP contribution in [-0.4, -0.2) is 35.0 Å². The third kappa shape index (κ3) is 2.68. The second kappa shape index (κ2) is 6.83. The van der Waals surface area contributed by atoms with Crippen LogP contribution in [0.5, 0.6) is 0 Å². The van der Waals surface area contributed by atoms with Crippen molar-refractivity contribution >= 4 is 5.78 Å². The highest BCUT2D eigenvalue weighted by Crippen LogP contribution is 2.83. The number of aliphatic hydroxyl groups is 1. The molecule has 10 atom stereocenters. The predicted molar refractivity (Wildman–Crippen MR) is 136 cm³/mol. The Hall–Kier alpha value is -0.710. The van der Waals surface area contributed by atoms with Crippen LogP contribution < -0.4 is 0 Å². The van der Waals surface area contributed by atoms with Gasteiger partial charge in [0.05, 0.1) is 18.3 Å². The topological polar surface area (TPSA) is 55.8 Å². The van der Waals surface area contributed by atoms with Crippen LogP contribution in [0.2, 0.25) is 0 Å². The van der Waals surface area contributed by atoms with Crippen LogP contribution in [0, 0.1) is 50.7 Å². The molecule has 6 aliphatic rings. The van der Waals surface area contributed by atoms with Crippen LogP contribution in [0.1, 0.15) is 100 Å². The second-order valence-corrected chi connectivity index (χ2v) is 15.5. The number of ketones is 1.